The van der Waals surface area contributed by atoms with E-state index in [1.807, 2.05) is 60.7 Å². The Bertz CT molecular complexity index is 762. The van der Waals surface area contributed by atoms with Crippen LogP contribution >= 0.6 is 8.60 Å². The molecule has 0 radical (unpaired) electrons. The Morgan fingerprint density at radius 1 is 0.512 bits per heavy atom. The van der Waals surface area contributed by atoms with E-state index < -0.39 is 8.60 Å². The standard InChI is InChI=1S/C36H59O4P/c1-3-4-5-6-7-8-10-13-16-25-32-37-34(2)27-20-15-12-9-11-14-17-26-33-38-41(39-35-28-21-18-22-29-35)40-36-30-23-19-24-31-36/h18-19,21-24,28-31,34H,3-17,20,25-27,32-33H2,1-2H3. The zero-order chi connectivity index (χ0) is 29.1. The molecule has 0 saturated heterocycles. The minimum Gasteiger partial charge on any atom is -0.418 e. The maximum Gasteiger partial charge on any atom is 0.463 e. The van der Waals surface area contributed by atoms with E-state index in [-0.39, 0.29) is 0 Å². The Labute approximate surface area is 253 Å². The van der Waals surface area contributed by atoms with Gasteiger partial charge in [0.25, 0.3) is 0 Å². The SMILES string of the molecule is CCCCCCCCCCCCOC(C)CCCCCCCCCCOP(Oc1ccccc1)Oc1ccccc1. The third kappa shape index (κ3) is 20.8. The molecule has 41 heavy (non-hydrogen) atoms. The maximum atomic E-state index is 6.05. The number of benzene rings is 2. The van der Waals surface area contributed by atoms with Crippen molar-refractivity contribution in [2.75, 3.05) is 13.2 Å². The summed E-state index contributed by atoms with van der Waals surface area (Å²) in [6, 6.07) is 19.5. The molecule has 4 nitrogen and oxygen atoms in total. The second kappa shape index (κ2) is 26.1. The van der Waals surface area contributed by atoms with Gasteiger partial charge in [-0.2, -0.15) is 0 Å². The molecule has 2 rings (SSSR count). The average molecular weight is 587 g/mol. The van der Waals surface area contributed by atoms with Crippen LogP contribution in [-0.4, -0.2) is 19.3 Å². The van der Waals surface area contributed by atoms with Crippen molar-refractivity contribution in [3.8, 4) is 11.5 Å². The van der Waals surface area contributed by atoms with E-state index >= 15 is 0 Å². The number of hydrogen-bond donors (Lipinski definition) is 0. The van der Waals surface area contributed by atoms with Crippen molar-refractivity contribution in [3.05, 3.63) is 60.7 Å². The summed E-state index contributed by atoms with van der Waals surface area (Å²) in [4.78, 5) is 0. The normalized spacial score (nSPS) is 12.1. The minimum absolute atomic E-state index is 0.413. The molecule has 2 aromatic rings. The molecule has 0 aliphatic carbocycles. The van der Waals surface area contributed by atoms with Crippen LogP contribution in [-0.2, 0) is 9.26 Å². The highest BCUT2D eigenvalue weighted by Gasteiger charge is 2.17. The lowest BCUT2D eigenvalue weighted by molar-refractivity contribution is 0.0557. The summed E-state index contributed by atoms with van der Waals surface area (Å²) >= 11 is 0. The molecule has 0 N–H and O–H groups in total. The van der Waals surface area contributed by atoms with Gasteiger partial charge in [0.15, 0.2) is 0 Å². The Hall–Kier alpha value is -1.61. The fraction of sp³-hybridized carbons (Fsp3) is 0.667. The fourth-order valence-corrected chi connectivity index (χ4v) is 5.91. The van der Waals surface area contributed by atoms with Crippen LogP contribution in [0.2, 0.25) is 0 Å². The third-order valence-electron chi connectivity index (χ3n) is 7.45. The molecular weight excluding hydrogens is 527 g/mol. The summed E-state index contributed by atoms with van der Waals surface area (Å²) in [7, 11) is -1.47. The summed E-state index contributed by atoms with van der Waals surface area (Å²) < 4.78 is 24.0. The van der Waals surface area contributed by atoms with Gasteiger partial charge in [0.05, 0.1) is 12.7 Å². The molecule has 0 heterocycles. The van der Waals surface area contributed by atoms with Crippen LogP contribution in [0, 0.1) is 0 Å². The van der Waals surface area contributed by atoms with Crippen molar-refractivity contribution in [2.45, 2.75) is 142 Å². The number of unbranched alkanes of at least 4 members (excludes halogenated alkanes) is 16. The number of ether oxygens (including phenoxy) is 1. The highest BCUT2D eigenvalue weighted by atomic mass is 31.2. The molecule has 5 heteroatoms. The van der Waals surface area contributed by atoms with Crippen molar-refractivity contribution in [3.63, 3.8) is 0 Å². The first kappa shape index (κ1) is 35.6. The van der Waals surface area contributed by atoms with E-state index in [1.165, 1.54) is 116 Å². The van der Waals surface area contributed by atoms with Crippen LogP contribution < -0.4 is 9.05 Å². The van der Waals surface area contributed by atoms with Crippen LogP contribution in [0.1, 0.15) is 136 Å². The van der Waals surface area contributed by atoms with E-state index in [1.54, 1.807) is 0 Å². The number of rotatable bonds is 28. The van der Waals surface area contributed by atoms with Crippen LogP contribution in [0.4, 0.5) is 0 Å². The lowest BCUT2D eigenvalue weighted by atomic mass is 10.1. The van der Waals surface area contributed by atoms with Gasteiger partial charge in [-0.3, -0.25) is 4.52 Å². The zero-order valence-electron chi connectivity index (χ0n) is 26.3. The molecule has 0 saturated carbocycles. The minimum atomic E-state index is -1.47. The monoisotopic (exact) mass is 586 g/mol. The van der Waals surface area contributed by atoms with Crippen molar-refractivity contribution in [2.24, 2.45) is 0 Å². The van der Waals surface area contributed by atoms with Crippen LogP contribution in [0.15, 0.2) is 60.7 Å². The van der Waals surface area contributed by atoms with Crippen molar-refractivity contribution >= 4 is 8.60 Å². The largest absolute Gasteiger partial charge is 0.463 e. The Balaban J connectivity index is 1.37. The predicted octanol–water partition coefficient (Wildman–Crippen LogP) is 12.2. The molecule has 0 aliphatic rings. The van der Waals surface area contributed by atoms with E-state index in [0.717, 1.165) is 24.5 Å². The fourth-order valence-electron chi connectivity index (χ4n) is 4.90. The van der Waals surface area contributed by atoms with Gasteiger partial charge in [0.1, 0.15) is 11.5 Å². The first-order valence-electron chi connectivity index (χ1n) is 16.8. The Kier molecular flexibility index (Phi) is 22.6. The summed E-state index contributed by atoms with van der Waals surface area (Å²) in [5.74, 6) is 1.54. The van der Waals surface area contributed by atoms with Gasteiger partial charge < -0.3 is 13.8 Å². The van der Waals surface area contributed by atoms with Gasteiger partial charge >= 0.3 is 8.60 Å². The summed E-state index contributed by atoms with van der Waals surface area (Å²) in [6.07, 6.45) is 25.5. The van der Waals surface area contributed by atoms with Crippen molar-refractivity contribution in [1.82, 2.24) is 0 Å². The second-order valence-corrected chi connectivity index (χ2v) is 12.4. The Morgan fingerprint density at radius 3 is 1.41 bits per heavy atom. The molecule has 0 aromatic heterocycles. The zero-order valence-corrected chi connectivity index (χ0v) is 27.2. The molecule has 1 atom stereocenters. The highest BCUT2D eigenvalue weighted by Crippen LogP contribution is 2.41. The van der Waals surface area contributed by atoms with Gasteiger partial charge in [0.2, 0.25) is 0 Å². The van der Waals surface area contributed by atoms with Gasteiger partial charge in [-0.25, -0.2) is 0 Å². The number of hydrogen-bond acceptors (Lipinski definition) is 4. The maximum absolute atomic E-state index is 6.05. The summed E-state index contributed by atoms with van der Waals surface area (Å²) in [6.45, 7) is 6.14. The second-order valence-electron chi connectivity index (χ2n) is 11.3. The highest BCUT2D eigenvalue weighted by molar-refractivity contribution is 7.42. The smallest absolute Gasteiger partial charge is 0.418 e. The van der Waals surface area contributed by atoms with Crippen molar-refractivity contribution < 1.29 is 18.3 Å². The van der Waals surface area contributed by atoms with Crippen LogP contribution in [0.3, 0.4) is 0 Å². The average Bonchev–Trinajstić information content (AvgIpc) is 2.99. The third-order valence-corrected chi connectivity index (χ3v) is 8.56. The molecule has 1 unspecified atom stereocenters. The molecule has 0 bridgehead atoms. The first-order valence-corrected chi connectivity index (χ1v) is 17.9. The summed E-state index contributed by atoms with van der Waals surface area (Å²) in [5.41, 5.74) is 0. The quantitative estimate of drug-likeness (QED) is 0.0734. The molecular formula is C36H59O4P. The molecule has 0 aliphatic heterocycles. The van der Waals surface area contributed by atoms with Gasteiger partial charge in [-0.1, -0.05) is 146 Å². The van der Waals surface area contributed by atoms with Gasteiger partial charge in [-0.15, -0.1) is 0 Å². The van der Waals surface area contributed by atoms with E-state index in [0.29, 0.717) is 12.7 Å². The molecule has 2 aromatic carbocycles. The molecule has 0 amide bonds. The van der Waals surface area contributed by atoms with Crippen LogP contribution in [0.25, 0.3) is 0 Å². The lowest BCUT2D eigenvalue weighted by Gasteiger charge is -2.17. The molecule has 232 valence electrons. The Morgan fingerprint density at radius 2 is 0.927 bits per heavy atom. The summed E-state index contributed by atoms with van der Waals surface area (Å²) in [5, 5.41) is 0. The molecule has 0 spiro atoms. The lowest BCUT2D eigenvalue weighted by Crippen LogP contribution is -2.09. The van der Waals surface area contributed by atoms with Gasteiger partial charge in [0, 0.05) is 6.61 Å². The first-order chi connectivity index (χ1) is 20.3. The number of para-hydroxylation sites is 2. The topological polar surface area (TPSA) is 36.9 Å². The molecule has 0 fully saturated rings. The van der Waals surface area contributed by atoms with Crippen LogP contribution in [0.5, 0.6) is 11.5 Å². The van der Waals surface area contributed by atoms with E-state index in [9.17, 15) is 0 Å². The van der Waals surface area contributed by atoms with Crippen molar-refractivity contribution in [1.29, 1.82) is 0 Å². The van der Waals surface area contributed by atoms with E-state index in [2.05, 4.69) is 13.8 Å². The predicted molar refractivity (Wildman–Crippen MR) is 176 cm³/mol. The van der Waals surface area contributed by atoms with E-state index in [4.69, 9.17) is 18.3 Å². The van der Waals surface area contributed by atoms with Gasteiger partial charge in [-0.05, 0) is 50.5 Å².